The van der Waals surface area contributed by atoms with Crippen LogP contribution in [0.1, 0.15) is 27.0 Å². The van der Waals surface area contributed by atoms with E-state index >= 15 is 0 Å². The van der Waals surface area contributed by atoms with Gasteiger partial charge in [0.2, 0.25) is 0 Å². The summed E-state index contributed by atoms with van der Waals surface area (Å²) in [6.07, 6.45) is 4.84. The van der Waals surface area contributed by atoms with Gasteiger partial charge in [-0.3, -0.25) is 9.78 Å². The Morgan fingerprint density at radius 3 is 2.73 bits per heavy atom. The summed E-state index contributed by atoms with van der Waals surface area (Å²) in [5.41, 5.74) is 2.72. The first-order chi connectivity index (χ1) is 12.5. The molecule has 0 saturated heterocycles. The van der Waals surface area contributed by atoms with Crippen molar-refractivity contribution < 1.29 is 9.53 Å². The molecular weight excluding hydrogens is 352 g/mol. The van der Waals surface area contributed by atoms with Gasteiger partial charge in [-0.2, -0.15) is 0 Å². The Labute approximate surface area is 155 Å². The summed E-state index contributed by atoms with van der Waals surface area (Å²) >= 11 is 6.15. The lowest BCUT2D eigenvalue weighted by molar-refractivity contribution is 0.0470. The number of carbonyl (C=O) groups excluding carboxylic acids is 1. The maximum atomic E-state index is 12.3. The number of aromatic nitrogens is 2. The monoisotopic (exact) mass is 368 g/mol. The zero-order valence-electron chi connectivity index (χ0n) is 14.2. The van der Waals surface area contributed by atoms with Crippen molar-refractivity contribution in [2.45, 2.75) is 20.1 Å². The van der Waals surface area contributed by atoms with Crippen molar-refractivity contribution in [2.75, 3.05) is 0 Å². The molecule has 0 bridgehead atoms. The number of carbonyl (C=O) groups is 1. The smallest absolute Gasteiger partial charge is 0.339 e. The third kappa shape index (κ3) is 4.18. The van der Waals surface area contributed by atoms with Crippen LogP contribution in [0.2, 0.25) is 5.02 Å². The van der Waals surface area contributed by atoms with Crippen molar-refractivity contribution in [1.82, 2.24) is 9.55 Å². The fourth-order valence-electron chi connectivity index (χ4n) is 2.46. The molecule has 0 aliphatic heterocycles. The van der Waals surface area contributed by atoms with Crippen LogP contribution in [0.4, 0.5) is 0 Å². The summed E-state index contributed by atoms with van der Waals surface area (Å²) in [4.78, 5) is 28.4. The van der Waals surface area contributed by atoms with E-state index in [1.807, 2.05) is 31.2 Å². The van der Waals surface area contributed by atoms with Crippen LogP contribution in [-0.2, 0) is 17.9 Å². The molecule has 0 unspecified atom stereocenters. The largest absolute Gasteiger partial charge is 0.457 e. The van der Waals surface area contributed by atoms with Gasteiger partial charge in [-0.05, 0) is 36.2 Å². The van der Waals surface area contributed by atoms with Gasteiger partial charge in [0, 0.05) is 35.2 Å². The molecule has 3 aromatic rings. The lowest BCUT2D eigenvalue weighted by Crippen LogP contribution is -2.21. The quantitative estimate of drug-likeness (QED) is 0.645. The van der Waals surface area contributed by atoms with E-state index in [-0.39, 0.29) is 18.7 Å². The zero-order chi connectivity index (χ0) is 18.5. The van der Waals surface area contributed by atoms with Crippen LogP contribution in [-0.4, -0.2) is 15.5 Å². The Kier molecular flexibility index (Phi) is 5.49. The van der Waals surface area contributed by atoms with Crippen molar-refractivity contribution in [2.24, 2.45) is 0 Å². The van der Waals surface area contributed by atoms with E-state index < -0.39 is 5.97 Å². The van der Waals surface area contributed by atoms with E-state index in [9.17, 15) is 9.59 Å². The molecule has 0 fully saturated rings. The van der Waals surface area contributed by atoms with E-state index in [2.05, 4.69) is 4.98 Å². The van der Waals surface area contributed by atoms with Crippen LogP contribution in [0.5, 0.6) is 0 Å². The van der Waals surface area contributed by atoms with Gasteiger partial charge in [0.1, 0.15) is 6.61 Å². The van der Waals surface area contributed by atoms with Crippen LogP contribution in [0.3, 0.4) is 0 Å². The molecule has 0 amide bonds. The topological polar surface area (TPSA) is 61.2 Å². The summed E-state index contributed by atoms with van der Waals surface area (Å²) in [5.74, 6) is -0.499. The first kappa shape index (κ1) is 17.9. The third-order valence-electron chi connectivity index (χ3n) is 4.02. The average molecular weight is 369 g/mol. The highest BCUT2D eigenvalue weighted by atomic mass is 35.5. The molecule has 0 aliphatic rings. The van der Waals surface area contributed by atoms with Crippen LogP contribution in [0.15, 0.2) is 65.8 Å². The Morgan fingerprint density at radius 1 is 1.15 bits per heavy atom. The van der Waals surface area contributed by atoms with Gasteiger partial charge >= 0.3 is 5.97 Å². The van der Waals surface area contributed by atoms with E-state index in [0.29, 0.717) is 10.6 Å². The van der Waals surface area contributed by atoms with Crippen LogP contribution >= 0.6 is 11.6 Å². The molecule has 26 heavy (non-hydrogen) atoms. The van der Waals surface area contributed by atoms with E-state index in [0.717, 1.165) is 16.7 Å². The number of halogens is 1. The SMILES string of the molecule is Cc1ccncc1COC(=O)c1ccc(=O)n(Cc2ccccc2Cl)c1. The first-order valence-corrected chi connectivity index (χ1v) is 8.43. The summed E-state index contributed by atoms with van der Waals surface area (Å²) in [6.45, 7) is 2.33. The van der Waals surface area contributed by atoms with Crippen LogP contribution in [0.25, 0.3) is 0 Å². The molecule has 0 atom stereocenters. The van der Waals surface area contributed by atoms with Crippen LogP contribution in [0, 0.1) is 6.92 Å². The lowest BCUT2D eigenvalue weighted by atomic mass is 10.2. The molecule has 0 saturated carbocycles. The molecule has 2 aromatic heterocycles. The number of rotatable bonds is 5. The molecule has 0 spiro atoms. The Morgan fingerprint density at radius 2 is 1.96 bits per heavy atom. The molecule has 3 rings (SSSR count). The standard InChI is InChI=1S/C20H17ClN2O3/c1-14-8-9-22-10-17(14)13-26-20(25)16-6-7-19(24)23(12-16)11-15-4-2-3-5-18(15)21/h2-10,12H,11,13H2,1H3. The number of pyridine rings is 2. The highest BCUT2D eigenvalue weighted by Gasteiger charge is 2.11. The van der Waals surface area contributed by atoms with Gasteiger partial charge in [0.15, 0.2) is 0 Å². The van der Waals surface area contributed by atoms with Crippen molar-refractivity contribution >= 4 is 17.6 Å². The number of esters is 1. The van der Waals surface area contributed by atoms with Crippen LogP contribution < -0.4 is 5.56 Å². The number of aryl methyl sites for hydroxylation is 1. The van der Waals surface area contributed by atoms with Gasteiger partial charge < -0.3 is 9.30 Å². The Hall–Kier alpha value is -2.92. The van der Waals surface area contributed by atoms with Crippen molar-refractivity contribution in [1.29, 1.82) is 0 Å². The second kappa shape index (κ2) is 7.97. The fourth-order valence-corrected chi connectivity index (χ4v) is 2.66. The lowest BCUT2D eigenvalue weighted by Gasteiger charge is -2.10. The molecule has 0 aliphatic carbocycles. The fraction of sp³-hybridized carbons (Fsp3) is 0.150. The van der Waals surface area contributed by atoms with E-state index in [1.54, 1.807) is 18.5 Å². The zero-order valence-corrected chi connectivity index (χ0v) is 14.9. The van der Waals surface area contributed by atoms with Crippen molar-refractivity contribution in [3.63, 3.8) is 0 Å². The van der Waals surface area contributed by atoms with Gasteiger partial charge in [-0.25, -0.2) is 4.79 Å². The highest BCUT2D eigenvalue weighted by Crippen LogP contribution is 2.16. The minimum absolute atomic E-state index is 0.127. The average Bonchev–Trinajstić information content (AvgIpc) is 2.64. The molecule has 0 N–H and O–H groups in total. The number of hydrogen-bond acceptors (Lipinski definition) is 4. The van der Waals surface area contributed by atoms with Gasteiger partial charge in [0.25, 0.3) is 5.56 Å². The van der Waals surface area contributed by atoms with E-state index in [1.165, 1.54) is 22.9 Å². The van der Waals surface area contributed by atoms with Crippen molar-refractivity contribution in [3.8, 4) is 0 Å². The maximum absolute atomic E-state index is 12.3. The summed E-state index contributed by atoms with van der Waals surface area (Å²) < 4.78 is 6.78. The third-order valence-corrected chi connectivity index (χ3v) is 4.39. The number of nitrogens with zero attached hydrogens (tertiary/aromatic N) is 2. The number of ether oxygens (including phenoxy) is 1. The molecular formula is C20H17ClN2O3. The minimum Gasteiger partial charge on any atom is -0.457 e. The molecule has 5 nitrogen and oxygen atoms in total. The van der Waals surface area contributed by atoms with E-state index in [4.69, 9.17) is 16.3 Å². The van der Waals surface area contributed by atoms with Crippen molar-refractivity contribution in [3.05, 3.63) is 98.7 Å². The van der Waals surface area contributed by atoms with Gasteiger partial charge in [0.05, 0.1) is 12.1 Å². The minimum atomic E-state index is -0.499. The second-order valence-electron chi connectivity index (χ2n) is 5.85. The number of benzene rings is 1. The molecule has 6 heteroatoms. The van der Waals surface area contributed by atoms with Gasteiger partial charge in [-0.15, -0.1) is 0 Å². The Balaban J connectivity index is 1.76. The Bertz CT molecular complexity index is 998. The summed E-state index contributed by atoms with van der Waals surface area (Å²) in [5, 5.41) is 0.569. The first-order valence-electron chi connectivity index (χ1n) is 8.05. The van der Waals surface area contributed by atoms with Gasteiger partial charge in [-0.1, -0.05) is 29.8 Å². The molecule has 1 aromatic carbocycles. The predicted molar refractivity (Wildman–Crippen MR) is 99.3 cm³/mol. The maximum Gasteiger partial charge on any atom is 0.339 e. The second-order valence-corrected chi connectivity index (χ2v) is 6.26. The molecule has 2 heterocycles. The summed E-state index contributed by atoms with van der Waals surface area (Å²) in [7, 11) is 0. The molecule has 132 valence electrons. The highest BCUT2D eigenvalue weighted by molar-refractivity contribution is 6.31. The predicted octanol–water partition coefficient (Wildman–Crippen LogP) is 3.61. The normalized spacial score (nSPS) is 10.5. The summed E-state index contributed by atoms with van der Waals surface area (Å²) in [6, 6.07) is 11.9. The molecule has 0 radical (unpaired) electrons. The number of hydrogen-bond donors (Lipinski definition) is 0.